The van der Waals surface area contributed by atoms with Crippen molar-refractivity contribution in [1.29, 1.82) is 0 Å². The molecule has 2 heterocycles. The first-order valence-electron chi connectivity index (χ1n) is 6.88. The van der Waals surface area contributed by atoms with E-state index < -0.39 is 0 Å². The minimum atomic E-state index is -0.313. The van der Waals surface area contributed by atoms with Crippen LogP contribution in [0.3, 0.4) is 0 Å². The van der Waals surface area contributed by atoms with Gasteiger partial charge in [-0.05, 0) is 35.7 Å². The zero-order valence-electron chi connectivity index (χ0n) is 11.9. The maximum Gasteiger partial charge on any atom is 0.270 e. The molecule has 0 aliphatic rings. The first-order valence-corrected chi connectivity index (χ1v) is 7.76. The van der Waals surface area contributed by atoms with Crippen LogP contribution in [0.1, 0.15) is 15.4 Å². The number of hydrogen-bond acceptors (Lipinski definition) is 2. The molecule has 0 fully saturated rings. The van der Waals surface area contributed by atoms with E-state index in [1.54, 1.807) is 34.4 Å². The molecule has 112 valence electrons. The molecule has 0 aliphatic carbocycles. The van der Waals surface area contributed by atoms with Gasteiger partial charge in [0.15, 0.2) is 0 Å². The minimum Gasteiger partial charge on any atom is -0.351 e. The number of benzene rings is 1. The number of amides is 1. The van der Waals surface area contributed by atoms with Crippen LogP contribution < -0.4 is 0 Å². The Balaban J connectivity index is 1.88. The zero-order valence-corrected chi connectivity index (χ0v) is 12.7. The Bertz CT molecular complexity index is 807. The van der Waals surface area contributed by atoms with Gasteiger partial charge >= 0.3 is 0 Å². The van der Waals surface area contributed by atoms with Crippen LogP contribution in [0, 0.1) is 5.82 Å². The van der Waals surface area contributed by atoms with Crippen molar-refractivity contribution in [3.8, 4) is 0 Å². The van der Waals surface area contributed by atoms with Crippen LogP contribution in [0.4, 0.5) is 4.39 Å². The third kappa shape index (κ3) is 2.94. The Hall–Kier alpha value is -2.40. The van der Waals surface area contributed by atoms with Gasteiger partial charge in [-0.2, -0.15) is 0 Å². The van der Waals surface area contributed by atoms with Crippen LogP contribution in [0.2, 0.25) is 0 Å². The average molecular weight is 314 g/mol. The molecule has 0 aliphatic heterocycles. The van der Waals surface area contributed by atoms with E-state index >= 15 is 0 Å². The summed E-state index contributed by atoms with van der Waals surface area (Å²) in [6, 6.07) is 10.1. The van der Waals surface area contributed by atoms with Gasteiger partial charge in [-0.1, -0.05) is 12.1 Å². The van der Waals surface area contributed by atoms with Crippen LogP contribution in [0.25, 0.3) is 10.9 Å². The van der Waals surface area contributed by atoms with Gasteiger partial charge < -0.3 is 9.88 Å². The summed E-state index contributed by atoms with van der Waals surface area (Å²) in [5.41, 5.74) is 1.21. The van der Waals surface area contributed by atoms with Gasteiger partial charge in [0.25, 0.3) is 5.91 Å². The Morgan fingerprint density at radius 3 is 2.95 bits per heavy atom. The van der Waals surface area contributed by atoms with Crippen LogP contribution in [0.5, 0.6) is 0 Å². The van der Waals surface area contributed by atoms with Gasteiger partial charge in [0.1, 0.15) is 11.5 Å². The van der Waals surface area contributed by atoms with Gasteiger partial charge in [0.05, 0.1) is 6.54 Å². The number of carbonyl (C=O) groups is 1. The standard InChI is InChI=1S/C17H15FN2OS/c1-2-7-20(11-14-4-3-8-22-14)17(21)16-10-12-9-13(18)5-6-15(12)19-16/h2-6,8-10,19H,1,7,11H2. The number of fused-ring (bicyclic) bond motifs is 1. The maximum absolute atomic E-state index is 13.3. The van der Waals surface area contributed by atoms with Crippen LogP contribution >= 0.6 is 11.3 Å². The first-order chi connectivity index (χ1) is 10.7. The molecule has 5 heteroatoms. The van der Waals surface area contributed by atoms with E-state index in [2.05, 4.69) is 11.6 Å². The molecular weight excluding hydrogens is 299 g/mol. The molecule has 1 amide bonds. The lowest BCUT2D eigenvalue weighted by Gasteiger charge is -2.19. The summed E-state index contributed by atoms with van der Waals surface area (Å²) in [6.45, 7) is 4.70. The van der Waals surface area contributed by atoms with Gasteiger partial charge in [-0.25, -0.2) is 4.39 Å². The van der Waals surface area contributed by atoms with E-state index in [4.69, 9.17) is 0 Å². The van der Waals surface area contributed by atoms with E-state index in [9.17, 15) is 9.18 Å². The molecule has 0 radical (unpaired) electrons. The highest BCUT2D eigenvalue weighted by atomic mass is 32.1. The van der Waals surface area contributed by atoms with Crippen molar-refractivity contribution in [1.82, 2.24) is 9.88 Å². The molecular formula is C17H15FN2OS. The molecule has 3 rings (SSSR count). The summed E-state index contributed by atoms with van der Waals surface area (Å²) < 4.78 is 13.3. The number of carbonyl (C=O) groups excluding carboxylic acids is 1. The van der Waals surface area contributed by atoms with Crippen molar-refractivity contribution in [2.24, 2.45) is 0 Å². The predicted molar refractivity (Wildman–Crippen MR) is 87.5 cm³/mol. The molecule has 1 N–H and O–H groups in total. The Kier molecular flexibility index (Phi) is 4.06. The second-order valence-corrected chi connectivity index (χ2v) is 6.00. The monoisotopic (exact) mass is 314 g/mol. The zero-order chi connectivity index (χ0) is 15.5. The number of hydrogen-bond donors (Lipinski definition) is 1. The lowest BCUT2D eigenvalue weighted by atomic mass is 10.2. The summed E-state index contributed by atoms with van der Waals surface area (Å²) in [5, 5.41) is 2.68. The molecule has 0 saturated carbocycles. The quantitative estimate of drug-likeness (QED) is 0.704. The van der Waals surface area contributed by atoms with Crippen molar-refractivity contribution in [3.05, 3.63) is 70.8 Å². The smallest absolute Gasteiger partial charge is 0.270 e. The third-order valence-corrected chi connectivity index (χ3v) is 4.24. The van der Waals surface area contributed by atoms with Crippen LogP contribution in [-0.2, 0) is 6.54 Å². The minimum absolute atomic E-state index is 0.120. The van der Waals surface area contributed by atoms with E-state index in [1.165, 1.54) is 12.1 Å². The fraction of sp³-hybridized carbons (Fsp3) is 0.118. The van der Waals surface area contributed by atoms with Crippen molar-refractivity contribution < 1.29 is 9.18 Å². The van der Waals surface area contributed by atoms with Crippen LogP contribution in [-0.4, -0.2) is 22.3 Å². The van der Waals surface area contributed by atoms with Crippen molar-refractivity contribution in [2.75, 3.05) is 6.54 Å². The summed E-state index contributed by atoms with van der Waals surface area (Å²) in [4.78, 5) is 18.5. The number of aromatic nitrogens is 1. The van der Waals surface area contributed by atoms with E-state index in [0.29, 0.717) is 24.2 Å². The molecule has 2 aromatic heterocycles. The molecule has 0 saturated heterocycles. The lowest BCUT2D eigenvalue weighted by Crippen LogP contribution is -2.30. The Morgan fingerprint density at radius 1 is 1.36 bits per heavy atom. The van der Waals surface area contributed by atoms with Gasteiger partial charge in [0, 0.05) is 22.3 Å². The van der Waals surface area contributed by atoms with Gasteiger partial charge in [-0.3, -0.25) is 4.79 Å². The topological polar surface area (TPSA) is 36.1 Å². The number of halogens is 1. The molecule has 22 heavy (non-hydrogen) atoms. The Morgan fingerprint density at radius 2 is 2.23 bits per heavy atom. The fourth-order valence-electron chi connectivity index (χ4n) is 2.35. The largest absolute Gasteiger partial charge is 0.351 e. The molecule has 3 nitrogen and oxygen atoms in total. The van der Waals surface area contributed by atoms with Gasteiger partial charge in [0.2, 0.25) is 0 Å². The third-order valence-electron chi connectivity index (χ3n) is 3.38. The highest BCUT2D eigenvalue weighted by molar-refractivity contribution is 7.09. The summed E-state index contributed by atoms with van der Waals surface area (Å²) >= 11 is 1.61. The molecule has 1 aromatic carbocycles. The maximum atomic E-state index is 13.3. The second-order valence-electron chi connectivity index (χ2n) is 4.97. The van der Waals surface area contributed by atoms with E-state index in [-0.39, 0.29) is 11.7 Å². The number of H-pyrrole nitrogens is 1. The summed E-state index contributed by atoms with van der Waals surface area (Å²) in [5.74, 6) is -0.433. The number of aromatic amines is 1. The number of thiophene rings is 1. The molecule has 3 aromatic rings. The highest BCUT2D eigenvalue weighted by Gasteiger charge is 2.17. The van der Waals surface area contributed by atoms with Gasteiger partial charge in [-0.15, -0.1) is 17.9 Å². The average Bonchev–Trinajstić information content (AvgIpc) is 3.14. The SMILES string of the molecule is C=CCN(Cc1cccs1)C(=O)c1cc2cc(F)ccc2[nH]1. The molecule has 0 atom stereocenters. The highest BCUT2D eigenvalue weighted by Crippen LogP contribution is 2.19. The van der Waals surface area contributed by atoms with E-state index in [0.717, 1.165) is 10.4 Å². The first kappa shape index (κ1) is 14.5. The number of rotatable bonds is 5. The normalized spacial score (nSPS) is 10.8. The summed E-state index contributed by atoms with van der Waals surface area (Å²) in [7, 11) is 0. The molecule has 0 spiro atoms. The predicted octanol–water partition coefficient (Wildman–Crippen LogP) is 4.20. The Labute approximate surface area is 131 Å². The van der Waals surface area contributed by atoms with Crippen molar-refractivity contribution in [2.45, 2.75) is 6.54 Å². The van der Waals surface area contributed by atoms with Crippen molar-refractivity contribution in [3.63, 3.8) is 0 Å². The van der Waals surface area contributed by atoms with Crippen molar-refractivity contribution >= 4 is 28.1 Å². The molecule has 0 bridgehead atoms. The lowest BCUT2D eigenvalue weighted by molar-refractivity contribution is 0.0759. The number of nitrogens with one attached hydrogen (secondary N) is 1. The number of nitrogens with zero attached hydrogens (tertiary/aromatic N) is 1. The fourth-order valence-corrected chi connectivity index (χ4v) is 3.07. The van der Waals surface area contributed by atoms with Crippen LogP contribution in [0.15, 0.2) is 54.4 Å². The second kappa shape index (κ2) is 6.15. The molecule has 0 unspecified atom stereocenters. The summed E-state index contributed by atoms with van der Waals surface area (Å²) in [6.07, 6.45) is 1.70. The van der Waals surface area contributed by atoms with E-state index in [1.807, 2.05) is 17.5 Å².